The van der Waals surface area contributed by atoms with Crippen LogP contribution in [0.1, 0.15) is 13.3 Å². The zero-order valence-corrected chi connectivity index (χ0v) is 9.61. The third kappa shape index (κ3) is 3.03. The molecule has 88 valence electrons. The van der Waals surface area contributed by atoms with Crippen molar-refractivity contribution in [1.29, 1.82) is 0 Å². The molecule has 1 aromatic rings. The van der Waals surface area contributed by atoms with Crippen LogP contribution in [0.2, 0.25) is 0 Å². The zero-order valence-electron chi connectivity index (χ0n) is 9.61. The van der Waals surface area contributed by atoms with E-state index in [-0.39, 0.29) is 17.6 Å². The SMILES string of the molecule is CC(CCN)C(=O)N(C)c1ccc(F)cc1. The largest absolute Gasteiger partial charge is 0.330 e. The van der Waals surface area contributed by atoms with E-state index in [0.29, 0.717) is 18.7 Å². The normalized spacial score (nSPS) is 12.2. The first-order valence-electron chi connectivity index (χ1n) is 5.29. The van der Waals surface area contributed by atoms with E-state index in [1.807, 2.05) is 6.92 Å². The minimum absolute atomic E-state index is 0.00272. The molecule has 1 amide bonds. The number of amides is 1. The molecule has 1 aromatic carbocycles. The fraction of sp³-hybridized carbons (Fsp3) is 0.417. The molecule has 1 atom stereocenters. The van der Waals surface area contributed by atoms with Crippen molar-refractivity contribution >= 4 is 11.6 Å². The lowest BCUT2D eigenvalue weighted by atomic mass is 10.1. The van der Waals surface area contributed by atoms with Crippen molar-refractivity contribution in [2.45, 2.75) is 13.3 Å². The Kier molecular flexibility index (Phi) is 4.43. The highest BCUT2D eigenvalue weighted by Crippen LogP contribution is 2.16. The second kappa shape index (κ2) is 5.61. The van der Waals surface area contributed by atoms with Gasteiger partial charge < -0.3 is 10.6 Å². The summed E-state index contributed by atoms with van der Waals surface area (Å²) in [6, 6.07) is 5.85. The zero-order chi connectivity index (χ0) is 12.1. The molecule has 0 radical (unpaired) electrons. The predicted molar refractivity (Wildman–Crippen MR) is 62.6 cm³/mol. The van der Waals surface area contributed by atoms with Crippen LogP contribution in [0.15, 0.2) is 24.3 Å². The standard InChI is InChI=1S/C12H17FN2O/c1-9(7-8-14)12(16)15(2)11-5-3-10(13)4-6-11/h3-6,9H,7-8,14H2,1-2H3. The van der Waals surface area contributed by atoms with Crippen LogP contribution < -0.4 is 10.6 Å². The maximum atomic E-state index is 12.7. The molecule has 0 aliphatic heterocycles. The van der Waals surface area contributed by atoms with Gasteiger partial charge in [0.25, 0.3) is 0 Å². The Hall–Kier alpha value is -1.42. The van der Waals surface area contributed by atoms with Crippen LogP contribution in [0.3, 0.4) is 0 Å². The van der Waals surface area contributed by atoms with Gasteiger partial charge in [0.2, 0.25) is 5.91 Å². The molecular weight excluding hydrogens is 207 g/mol. The molecule has 1 unspecified atom stereocenters. The molecule has 0 fully saturated rings. The molecule has 4 heteroatoms. The lowest BCUT2D eigenvalue weighted by Gasteiger charge is -2.21. The van der Waals surface area contributed by atoms with Gasteiger partial charge in [-0.15, -0.1) is 0 Å². The second-order valence-corrected chi connectivity index (χ2v) is 3.85. The maximum absolute atomic E-state index is 12.7. The number of halogens is 1. The first-order valence-corrected chi connectivity index (χ1v) is 5.29. The van der Waals surface area contributed by atoms with Gasteiger partial charge in [0.05, 0.1) is 0 Å². The van der Waals surface area contributed by atoms with Crippen LogP contribution in [0.5, 0.6) is 0 Å². The molecule has 0 saturated heterocycles. The number of carbonyl (C=O) groups excluding carboxylic acids is 1. The van der Waals surface area contributed by atoms with Gasteiger partial charge in [-0.05, 0) is 37.2 Å². The van der Waals surface area contributed by atoms with Crippen LogP contribution in [-0.4, -0.2) is 19.5 Å². The Bertz CT molecular complexity index is 351. The Labute approximate surface area is 95.0 Å². The molecule has 0 aromatic heterocycles. The number of rotatable bonds is 4. The van der Waals surface area contributed by atoms with E-state index in [1.54, 1.807) is 19.2 Å². The van der Waals surface area contributed by atoms with Crippen molar-refractivity contribution in [3.05, 3.63) is 30.1 Å². The van der Waals surface area contributed by atoms with Gasteiger partial charge in [-0.2, -0.15) is 0 Å². The van der Waals surface area contributed by atoms with Crippen LogP contribution >= 0.6 is 0 Å². The molecule has 3 nitrogen and oxygen atoms in total. The Balaban J connectivity index is 2.73. The minimum Gasteiger partial charge on any atom is -0.330 e. The van der Waals surface area contributed by atoms with Gasteiger partial charge in [0.15, 0.2) is 0 Å². The van der Waals surface area contributed by atoms with Gasteiger partial charge in [0.1, 0.15) is 5.82 Å². The molecular formula is C12H17FN2O. The van der Waals surface area contributed by atoms with Crippen molar-refractivity contribution < 1.29 is 9.18 Å². The molecule has 1 rings (SSSR count). The average molecular weight is 224 g/mol. The van der Waals surface area contributed by atoms with Gasteiger partial charge in [-0.25, -0.2) is 4.39 Å². The Morgan fingerprint density at radius 2 is 2.00 bits per heavy atom. The maximum Gasteiger partial charge on any atom is 0.229 e. The highest BCUT2D eigenvalue weighted by Gasteiger charge is 2.17. The van der Waals surface area contributed by atoms with E-state index >= 15 is 0 Å². The van der Waals surface area contributed by atoms with E-state index < -0.39 is 0 Å². The van der Waals surface area contributed by atoms with Crippen molar-refractivity contribution in [1.82, 2.24) is 0 Å². The summed E-state index contributed by atoms with van der Waals surface area (Å²) in [6.07, 6.45) is 0.657. The molecule has 16 heavy (non-hydrogen) atoms. The number of carbonyl (C=O) groups is 1. The van der Waals surface area contributed by atoms with Gasteiger partial charge in [0, 0.05) is 18.7 Å². The summed E-state index contributed by atoms with van der Waals surface area (Å²) >= 11 is 0. The minimum atomic E-state index is -0.306. The smallest absolute Gasteiger partial charge is 0.229 e. The fourth-order valence-corrected chi connectivity index (χ4v) is 1.50. The molecule has 2 N–H and O–H groups in total. The number of hydrogen-bond acceptors (Lipinski definition) is 2. The van der Waals surface area contributed by atoms with Gasteiger partial charge >= 0.3 is 0 Å². The third-order valence-corrected chi connectivity index (χ3v) is 2.57. The molecule has 0 spiro atoms. The fourth-order valence-electron chi connectivity index (χ4n) is 1.50. The summed E-state index contributed by atoms with van der Waals surface area (Å²) in [5.41, 5.74) is 6.10. The van der Waals surface area contributed by atoms with Crippen LogP contribution in [0.4, 0.5) is 10.1 Å². The summed E-state index contributed by atoms with van der Waals surface area (Å²) in [7, 11) is 1.68. The van der Waals surface area contributed by atoms with E-state index in [0.717, 1.165) is 0 Å². The van der Waals surface area contributed by atoms with Crippen LogP contribution in [-0.2, 0) is 4.79 Å². The van der Waals surface area contributed by atoms with Crippen molar-refractivity contribution in [3.8, 4) is 0 Å². The number of benzene rings is 1. The average Bonchev–Trinajstić information content (AvgIpc) is 2.28. The highest BCUT2D eigenvalue weighted by molar-refractivity contribution is 5.94. The lowest BCUT2D eigenvalue weighted by Crippen LogP contribution is -2.32. The summed E-state index contributed by atoms with van der Waals surface area (Å²) in [4.78, 5) is 13.4. The summed E-state index contributed by atoms with van der Waals surface area (Å²) in [5.74, 6) is -0.420. The van der Waals surface area contributed by atoms with E-state index in [4.69, 9.17) is 5.73 Å². The predicted octanol–water partition coefficient (Wildman–Crippen LogP) is 1.77. The summed E-state index contributed by atoms with van der Waals surface area (Å²) in [6.45, 7) is 2.33. The Morgan fingerprint density at radius 3 is 2.50 bits per heavy atom. The number of hydrogen-bond donors (Lipinski definition) is 1. The van der Waals surface area contributed by atoms with Gasteiger partial charge in [-0.1, -0.05) is 6.92 Å². The van der Waals surface area contributed by atoms with Crippen LogP contribution in [0, 0.1) is 11.7 Å². The van der Waals surface area contributed by atoms with Crippen molar-refractivity contribution in [2.75, 3.05) is 18.5 Å². The topological polar surface area (TPSA) is 46.3 Å². The molecule has 0 aliphatic carbocycles. The van der Waals surface area contributed by atoms with Crippen LogP contribution in [0.25, 0.3) is 0 Å². The molecule has 0 heterocycles. The third-order valence-electron chi connectivity index (χ3n) is 2.57. The first-order chi connectivity index (χ1) is 7.56. The van der Waals surface area contributed by atoms with Gasteiger partial charge in [-0.3, -0.25) is 4.79 Å². The molecule has 0 bridgehead atoms. The number of anilines is 1. The molecule has 0 aliphatic rings. The number of nitrogens with zero attached hydrogens (tertiary/aromatic N) is 1. The molecule has 0 saturated carbocycles. The monoisotopic (exact) mass is 224 g/mol. The highest BCUT2D eigenvalue weighted by atomic mass is 19.1. The van der Waals surface area contributed by atoms with Crippen molar-refractivity contribution in [3.63, 3.8) is 0 Å². The summed E-state index contributed by atoms with van der Waals surface area (Å²) in [5, 5.41) is 0. The second-order valence-electron chi connectivity index (χ2n) is 3.85. The quantitative estimate of drug-likeness (QED) is 0.847. The lowest BCUT2D eigenvalue weighted by molar-refractivity contribution is -0.121. The summed E-state index contributed by atoms with van der Waals surface area (Å²) < 4.78 is 12.7. The Morgan fingerprint density at radius 1 is 1.44 bits per heavy atom. The van der Waals surface area contributed by atoms with E-state index in [2.05, 4.69) is 0 Å². The van der Waals surface area contributed by atoms with E-state index in [1.165, 1.54) is 17.0 Å². The van der Waals surface area contributed by atoms with Crippen molar-refractivity contribution in [2.24, 2.45) is 11.7 Å². The number of nitrogens with two attached hydrogens (primary N) is 1. The first kappa shape index (κ1) is 12.6. The van der Waals surface area contributed by atoms with E-state index in [9.17, 15) is 9.18 Å².